The molecule has 0 aromatic carbocycles. The van der Waals surface area contributed by atoms with Gasteiger partial charge < -0.3 is 18.9 Å². The summed E-state index contributed by atoms with van der Waals surface area (Å²) in [5, 5.41) is 0. The van der Waals surface area contributed by atoms with Crippen molar-refractivity contribution in [2.24, 2.45) is 5.41 Å². The van der Waals surface area contributed by atoms with E-state index in [0.717, 1.165) is 38.7 Å². The van der Waals surface area contributed by atoms with Crippen LogP contribution in [0.25, 0.3) is 0 Å². The van der Waals surface area contributed by atoms with Crippen molar-refractivity contribution in [3.8, 4) is 0 Å². The average Bonchev–Trinajstić information content (AvgIpc) is 2.64. The van der Waals surface area contributed by atoms with Gasteiger partial charge in [-0.05, 0) is 25.7 Å². The van der Waals surface area contributed by atoms with Gasteiger partial charge in [0.2, 0.25) is 0 Å². The Balaban J connectivity index is 5.27. The minimum atomic E-state index is -1.06. The monoisotopic (exact) mass is 358 g/mol. The third kappa shape index (κ3) is 7.78. The molecule has 1 atom stereocenters. The molecule has 1 unspecified atom stereocenters. The Bertz CT molecular complexity index is 318. The smallest absolute Gasteiger partial charge is 0.291 e. The number of ether oxygens (including phenoxy) is 4. The second-order valence-electron chi connectivity index (χ2n) is 6.75. The van der Waals surface area contributed by atoms with Crippen molar-refractivity contribution in [1.82, 2.24) is 0 Å². The minimum absolute atomic E-state index is 0.315. The van der Waals surface area contributed by atoms with Crippen molar-refractivity contribution in [1.29, 1.82) is 0 Å². The van der Waals surface area contributed by atoms with Gasteiger partial charge in [0.1, 0.15) is 0 Å². The Kier molecular flexibility index (Phi) is 14.5. The van der Waals surface area contributed by atoms with Gasteiger partial charge in [-0.1, -0.05) is 64.5 Å². The molecule has 25 heavy (non-hydrogen) atoms. The zero-order valence-electron chi connectivity index (χ0n) is 17.6. The maximum absolute atomic E-state index is 5.79. The maximum Gasteiger partial charge on any atom is 0.291 e. The van der Waals surface area contributed by atoms with Crippen LogP contribution in [0, 0.1) is 5.41 Å². The van der Waals surface area contributed by atoms with E-state index in [-0.39, 0.29) is 5.41 Å². The molecule has 0 heterocycles. The van der Waals surface area contributed by atoms with Crippen molar-refractivity contribution in [2.75, 3.05) is 35.0 Å². The summed E-state index contributed by atoms with van der Waals surface area (Å²) in [7, 11) is 6.74. The van der Waals surface area contributed by atoms with Gasteiger partial charge in [0.15, 0.2) is 0 Å². The predicted molar refractivity (Wildman–Crippen MR) is 105 cm³/mol. The number of methoxy groups -OCH3 is 4. The third-order valence-corrected chi connectivity index (χ3v) is 5.04. The van der Waals surface area contributed by atoms with Crippen molar-refractivity contribution < 1.29 is 18.9 Å². The van der Waals surface area contributed by atoms with Crippen LogP contribution in [0.15, 0.2) is 12.2 Å². The highest BCUT2D eigenvalue weighted by atomic mass is 16.9. The second-order valence-corrected chi connectivity index (χ2v) is 6.75. The van der Waals surface area contributed by atoms with Crippen LogP contribution in [0.5, 0.6) is 0 Å². The van der Waals surface area contributed by atoms with Gasteiger partial charge in [-0.25, -0.2) is 0 Å². The van der Waals surface area contributed by atoms with E-state index in [1.165, 1.54) is 32.1 Å². The molecule has 0 aromatic heterocycles. The molecule has 0 saturated heterocycles. The first-order chi connectivity index (χ1) is 12.1. The molecule has 0 saturated carbocycles. The highest BCUT2D eigenvalue weighted by Crippen LogP contribution is 2.46. The molecule has 4 heteroatoms. The lowest BCUT2D eigenvalue weighted by atomic mass is 9.75. The Morgan fingerprint density at radius 2 is 1.28 bits per heavy atom. The van der Waals surface area contributed by atoms with Crippen molar-refractivity contribution >= 4 is 0 Å². The quantitative estimate of drug-likeness (QED) is 0.190. The van der Waals surface area contributed by atoms with Gasteiger partial charge in [0.05, 0.1) is 5.41 Å². The number of unbranched alkanes of at least 4 members (excludes halogenated alkanes) is 5. The molecule has 0 spiro atoms. The summed E-state index contributed by atoms with van der Waals surface area (Å²) in [5.41, 5.74) is -0.315. The SMILES string of the molecule is CCC=CC(CCCCCCCC)(CCCOC)C(OC)(OC)OC. The highest BCUT2D eigenvalue weighted by Gasteiger charge is 2.51. The Labute approximate surface area is 156 Å². The molecular weight excluding hydrogens is 316 g/mol. The fourth-order valence-corrected chi connectivity index (χ4v) is 3.66. The molecule has 0 aliphatic rings. The van der Waals surface area contributed by atoms with Gasteiger partial charge in [-0.2, -0.15) is 0 Å². The van der Waals surface area contributed by atoms with Crippen LogP contribution in [0.3, 0.4) is 0 Å². The van der Waals surface area contributed by atoms with E-state index in [9.17, 15) is 0 Å². The summed E-state index contributed by atoms with van der Waals surface area (Å²) in [6.45, 7) is 5.13. The molecule has 4 nitrogen and oxygen atoms in total. The molecule has 0 radical (unpaired) electrons. The van der Waals surface area contributed by atoms with E-state index in [0.29, 0.717) is 0 Å². The average molecular weight is 359 g/mol. The van der Waals surface area contributed by atoms with Gasteiger partial charge in [0.25, 0.3) is 5.97 Å². The zero-order chi connectivity index (χ0) is 19.0. The van der Waals surface area contributed by atoms with Crippen molar-refractivity contribution in [3.63, 3.8) is 0 Å². The number of allylic oxidation sites excluding steroid dienone is 1. The van der Waals surface area contributed by atoms with Crippen LogP contribution in [-0.4, -0.2) is 41.0 Å². The molecule has 0 N–H and O–H groups in total. The first-order valence-corrected chi connectivity index (χ1v) is 9.94. The van der Waals surface area contributed by atoms with E-state index < -0.39 is 5.97 Å². The fraction of sp³-hybridized carbons (Fsp3) is 0.905. The summed E-state index contributed by atoms with van der Waals surface area (Å²) in [6.07, 6.45) is 15.9. The van der Waals surface area contributed by atoms with Gasteiger partial charge in [-0.15, -0.1) is 0 Å². The molecule has 0 bridgehead atoms. The zero-order valence-corrected chi connectivity index (χ0v) is 17.6. The molecule has 0 amide bonds. The van der Waals surface area contributed by atoms with Gasteiger partial charge >= 0.3 is 0 Å². The largest absolute Gasteiger partial charge is 0.385 e. The normalized spacial score (nSPS) is 15.0. The molecule has 150 valence electrons. The molecule has 0 fully saturated rings. The van der Waals surface area contributed by atoms with Gasteiger partial charge in [0, 0.05) is 35.0 Å². The summed E-state index contributed by atoms with van der Waals surface area (Å²) < 4.78 is 22.6. The second kappa shape index (κ2) is 14.7. The number of hydrogen-bond donors (Lipinski definition) is 0. The number of hydrogen-bond acceptors (Lipinski definition) is 4. The van der Waals surface area contributed by atoms with E-state index in [2.05, 4.69) is 26.0 Å². The molecule has 0 rings (SSSR count). The van der Waals surface area contributed by atoms with Crippen LogP contribution >= 0.6 is 0 Å². The predicted octanol–water partition coefficient (Wildman–Crippen LogP) is 5.71. The Morgan fingerprint density at radius 3 is 1.80 bits per heavy atom. The lowest BCUT2D eigenvalue weighted by Crippen LogP contribution is -2.52. The van der Waals surface area contributed by atoms with Crippen LogP contribution in [-0.2, 0) is 18.9 Å². The van der Waals surface area contributed by atoms with E-state index in [1.54, 1.807) is 28.4 Å². The van der Waals surface area contributed by atoms with Crippen molar-refractivity contribution in [2.45, 2.75) is 84.0 Å². The highest BCUT2D eigenvalue weighted by molar-refractivity contribution is 5.05. The van der Waals surface area contributed by atoms with Crippen molar-refractivity contribution in [3.05, 3.63) is 12.2 Å². The Morgan fingerprint density at radius 1 is 0.720 bits per heavy atom. The first-order valence-electron chi connectivity index (χ1n) is 9.94. The summed E-state index contributed by atoms with van der Waals surface area (Å²) in [6, 6.07) is 0. The number of rotatable bonds is 17. The lowest BCUT2D eigenvalue weighted by Gasteiger charge is -2.45. The first kappa shape index (κ1) is 24.6. The van der Waals surface area contributed by atoms with Crippen LogP contribution in [0.2, 0.25) is 0 Å². The summed E-state index contributed by atoms with van der Waals surface area (Å²) in [5.74, 6) is -1.06. The Hall–Kier alpha value is -0.420. The van der Waals surface area contributed by atoms with Crippen LogP contribution in [0.1, 0.15) is 78.1 Å². The van der Waals surface area contributed by atoms with Gasteiger partial charge in [-0.3, -0.25) is 0 Å². The molecule has 0 aliphatic carbocycles. The fourth-order valence-electron chi connectivity index (χ4n) is 3.66. The van der Waals surface area contributed by atoms with E-state index in [4.69, 9.17) is 18.9 Å². The van der Waals surface area contributed by atoms with Crippen LogP contribution in [0.4, 0.5) is 0 Å². The van der Waals surface area contributed by atoms with E-state index >= 15 is 0 Å². The third-order valence-electron chi connectivity index (χ3n) is 5.04. The van der Waals surface area contributed by atoms with Crippen LogP contribution < -0.4 is 0 Å². The summed E-state index contributed by atoms with van der Waals surface area (Å²) in [4.78, 5) is 0. The summed E-state index contributed by atoms with van der Waals surface area (Å²) >= 11 is 0. The standard InChI is InChI=1S/C21H42O4/c1-7-9-11-12-13-14-17-20(16-10-8-2,18-15-19-22-3)21(23-4,24-5)25-6/h10,16H,7-9,11-15,17-19H2,1-6H3. The topological polar surface area (TPSA) is 36.9 Å². The molecular formula is C21H42O4. The molecule has 0 aliphatic heterocycles. The molecule has 0 aromatic rings. The van der Waals surface area contributed by atoms with E-state index in [1.807, 2.05) is 0 Å². The lowest BCUT2D eigenvalue weighted by molar-refractivity contribution is -0.400. The minimum Gasteiger partial charge on any atom is -0.385 e. The maximum atomic E-state index is 5.79.